The minimum Gasteiger partial charge on any atom is -0.310 e. The van der Waals surface area contributed by atoms with Gasteiger partial charge in [0, 0.05) is 21.2 Å². The Bertz CT molecular complexity index is 610. The number of hydrogen-bond acceptors (Lipinski definition) is 1. The molecule has 1 heterocycles. The summed E-state index contributed by atoms with van der Waals surface area (Å²) in [6.45, 7) is 0.402. The third-order valence-electron chi connectivity index (χ3n) is 2.30. The Hall–Kier alpha value is -0.940. The summed E-state index contributed by atoms with van der Waals surface area (Å²) in [5, 5.41) is 0. The van der Waals surface area contributed by atoms with E-state index in [1.807, 2.05) is 0 Å². The molecule has 17 heavy (non-hydrogen) atoms. The van der Waals surface area contributed by atoms with Gasteiger partial charge in [0.1, 0.15) is 5.82 Å². The lowest BCUT2D eigenvalue weighted by Gasteiger charge is -2.08. The van der Waals surface area contributed by atoms with E-state index in [1.54, 1.807) is 22.9 Å². The lowest BCUT2D eigenvalue weighted by molar-refractivity contribution is 0.624. The fraction of sp³-hybridized carbons (Fsp3) is 0.0833. The van der Waals surface area contributed by atoms with Crippen molar-refractivity contribution in [3.8, 4) is 0 Å². The molecule has 0 saturated carbocycles. The molecule has 0 aliphatic carbocycles. The van der Waals surface area contributed by atoms with E-state index in [-0.39, 0.29) is 11.4 Å². The Balaban J connectivity index is 2.38. The first-order chi connectivity index (χ1) is 8.06. The van der Waals surface area contributed by atoms with Gasteiger partial charge in [0.25, 0.3) is 5.56 Å². The molecule has 2 aromatic rings. The van der Waals surface area contributed by atoms with Crippen LogP contribution in [0, 0.1) is 5.82 Å². The van der Waals surface area contributed by atoms with Gasteiger partial charge in [-0.2, -0.15) is 0 Å². The van der Waals surface area contributed by atoms with E-state index in [4.69, 9.17) is 0 Å². The first-order valence-corrected chi connectivity index (χ1v) is 6.45. The maximum atomic E-state index is 12.9. The fourth-order valence-corrected chi connectivity index (χ4v) is 2.31. The van der Waals surface area contributed by atoms with E-state index in [0.29, 0.717) is 11.0 Å². The molecule has 0 radical (unpaired) electrons. The highest BCUT2D eigenvalue weighted by atomic mass is 79.9. The SMILES string of the molecule is O=c1ccc(Br)cn1Cc1ccc(F)cc1Br. The fourth-order valence-electron chi connectivity index (χ4n) is 1.46. The highest BCUT2D eigenvalue weighted by Crippen LogP contribution is 2.19. The number of nitrogens with zero attached hydrogens (tertiary/aromatic N) is 1. The van der Waals surface area contributed by atoms with Crippen molar-refractivity contribution < 1.29 is 4.39 Å². The molecule has 0 amide bonds. The van der Waals surface area contributed by atoms with Crippen LogP contribution in [0.1, 0.15) is 5.56 Å². The van der Waals surface area contributed by atoms with E-state index in [1.165, 1.54) is 18.2 Å². The van der Waals surface area contributed by atoms with Crippen molar-refractivity contribution in [2.75, 3.05) is 0 Å². The van der Waals surface area contributed by atoms with Gasteiger partial charge >= 0.3 is 0 Å². The first kappa shape index (κ1) is 12.5. The van der Waals surface area contributed by atoms with Gasteiger partial charge in [0.15, 0.2) is 0 Å². The molecule has 0 atom stereocenters. The summed E-state index contributed by atoms with van der Waals surface area (Å²) in [6, 6.07) is 7.61. The number of aromatic nitrogens is 1. The summed E-state index contributed by atoms with van der Waals surface area (Å²) in [4.78, 5) is 11.6. The van der Waals surface area contributed by atoms with Gasteiger partial charge in [-0.05, 0) is 39.7 Å². The Kier molecular flexibility index (Phi) is 3.79. The molecule has 1 aromatic carbocycles. The Morgan fingerprint density at radius 1 is 1.18 bits per heavy atom. The molecule has 0 N–H and O–H groups in total. The second-order valence-electron chi connectivity index (χ2n) is 3.55. The van der Waals surface area contributed by atoms with Crippen molar-refractivity contribution in [3.05, 3.63) is 67.2 Å². The van der Waals surface area contributed by atoms with E-state index in [2.05, 4.69) is 31.9 Å². The first-order valence-electron chi connectivity index (χ1n) is 4.86. The Morgan fingerprint density at radius 2 is 1.94 bits per heavy atom. The van der Waals surface area contributed by atoms with Crippen LogP contribution < -0.4 is 5.56 Å². The van der Waals surface area contributed by atoms with Crippen molar-refractivity contribution in [2.45, 2.75) is 6.54 Å². The second-order valence-corrected chi connectivity index (χ2v) is 5.32. The van der Waals surface area contributed by atoms with Crippen LogP contribution in [0.2, 0.25) is 0 Å². The van der Waals surface area contributed by atoms with E-state index in [0.717, 1.165) is 10.0 Å². The van der Waals surface area contributed by atoms with Gasteiger partial charge in [0.05, 0.1) is 6.54 Å². The minimum atomic E-state index is -0.304. The van der Waals surface area contributed by atoms with Crippen LogP contribution in [0.25, 0.3) is 0 Å². The van der Waals surface area contributed by atoms with Crippen molar-refractivity contribution >= 4 is 31.9 Å². The number of benzene rings is 1. The molecular formula is C12H8Br2FNO. The molecule has 2 rings (SSSR count). The molecule has 0 aliphatic rings. The maximum Gasteiger partial charge on any atom is 0.250 e. The van der Waals surface area contributed by atoms with Crippen molar-refractivity contribution in [1.82, 2.24) is 4.57 Å². The predicted molar refractivity (Wildman–Crippen MR) is 71.6 cm³/mol. The molecule has 0 bridgehead atoms. The highest BCUT2D eigenvalue weighted by molar-refractivity contribution is 9.10. The smallest absolute Gasteiger partial charge is 0.250 e. The summed E-state index contributed by atoms with van der Waals surface area (Å²) < 4.78 is 16.0. The number of hydrogen-bond donors (Lipinski definition) is 0. The third-order valence-corrected chi connectivity index (χ3v) is 3.51. The Labute approximate surface area is 114 Å². The van der Waals surface area contributed by atoms with Crippen LogP contribution in [0.5, 0.6) is 0 Å². The maximum absolute atomic E-state index is 12.9. The van der Waals surface area contributed by atoms with E-state index < -0.39 is 0 Å². The zero-order chi connectivity index (χ0) is 12.4. The summed E-state index contributed by atoms with van der Waals surface area (Å²) in [5.41, 5.74) is 0.760. The van der Waals surface area contributed by atoms with Gasteiger partial charge in [-0.15, -0.1) is 0 Å². The topological polar surface area (TPSA) is 22.0 Å². The van der Waals surface area contributed by atoms with Crippen LogP contribution >= 0.6 is 31.9 Å². The normalized spacial score (nSPS) is 10.5. The zero-order valence-electron chi connectivity index (χ0n) is 8.66. The van der Waals surface area contributed by atoms with Crippen LogP contribution in [0.4, 0.5) is 4.39 Å². The van der Waals surface area contributed by atoms with Crippen molar-refractivity contribution in [3.63, 3.8) is 0 Å². The predicted octanol–water partition coefficient (Wildman–Crippen LogP) is 3.56. The lowest BCUT2D eigenvalue weighted by Crippen LogP contribution is -2.18. The Morgan fingerprint density at radius 3 is 2.65 bits per heavy atom. The third kappa shape index (κ3) is 3.04. The molecular weight excluding hydrogens is 353 g/mol. The average Bonchev–Trinajstić information content (AvgIpc) is 2.27. The van der Waals surface area contributed by atoms with Crippen LogP contribution in [0.3, 0.4) is 0 Å². The van der Waals surface area contributed by atoms with Crippen LogP contribution in [-0.2, 0) is 6.54 Å². The minimum absolute atomic E-state index is 0.0931. The quantitative estimate of drug-likeness (QED) is 0.802. The summed E-state index contributed by atoms with van der Waals surface area (Å²) in [7, 11) is 0. The van der Waals surface area contributed by atoms with Crippen LogP contribution in [-0.4, -0.2) is 4.57 Å². The van der Waals surface area contributed by atoms with Gasteiger partial charge in [-0.1, -0.05) is 22.0 Å². The molecule has 0 spiro atoms. The summed E-state index contributed by atoms with van der Waals surface area (Å²) in [6.07, 6.45) is 1.71. The molecule has 1 aromatic heterocycles. The summed E-state index contributed by atoms with van der Waals surface area (Å²) in [5.74, 6) is -0.304. The van der Waals surface area contributed by atoms with Crippen LogP contribution in [0.15, 0.2) is 50.3 Å². The van der Waals surface area contributed by atoms with Crippen molar-refractivity contribution in [2.24, 2.45) is 0 Å². The van der Waals surface area contributed by atoms with Gasteiger partial charge < -0.3 is 4.57 Å². The number of pyridine rings is 1. The molecule has 88 valence electrons. The summed E-state index contributed by atoms with van der Waals surface area (Å²) >= 11 is 6.59. The largest absolute Gasteiger partial charge is 0.310 e. The molecule has 0 aliphatic heterocycles. The van der Waals surface area contributed by atoms with Crippen molar-refractivity contribution in [1.29, 1.82) is 0 Å². The molecule has 0 saturated heterocycles. The molecule has 0 fully saturated rings. The zero-order valence-corrected chi connectivity index (χ0v) is 11.8. The standard InChI is InChI=1S/C12H8Br2FNO/c13-9-2-4-12(17)16(7-9)6-8-1-3-10(15)5-11(8)14/h1-5,7H,6H2. The number of halogens is 3. The lowest BCUT2D eigenvalue weighted by atomic mass is 10.2. The van der Waals surface area contributed by atoms with Gasteiger partial charge in [-0.25, -0.2) is 4.39 Å². The van der Waals surface area contributed by atoms with Gasteiger partial charge in [-0.3, -0.25) is 4.79 Å². The monoisotopic (exact) mass is 359 g/mol. The van der Waals surface area contributed by atoms with Gasteiger partial charge in [0.2, 0.25) is 0 Å². The highest BCUT2D eigenvalue weighted by Gasteiger charge is 2.04. The van der Waals surface area contributed by atoms with E-state index >= 15 is 0 Å². The molecule has 5 heteroatoms. The molecule has 0 unspecified atom stereocenters. The second kappa shape index (κ2) is 5.14. The van der Waals surface area contributed by atoms with E-state index in [9.17, 15) is 9.18 Å². The average molecular weight is 361 g/mol. The molecule has 2 nitrogen and oxygen atoms in total. The number of rotatable bonds is 2.